The summed E-state index contributed by atoms with van der Waals surface area (Å²) in [6.45, 7) is 6.73. The van der Waals surface area contributed by atoms with Crippen molar-refractivity contribution in [3.8, 4) is 5.75 Å². The summed E-state index contributed by atoms with van der Waals surface area (Å²) < 4.78 is 5.58. The fourth-order valence-electron chi connectivity index (χ4n) is 2.19. The van der Waals surface area contributed by atoms with Gasteiger partial charge in [0.05, 0.1) is 6.61 Å². The van der Waals surface area contributed by atoms with Gasteiger partial charge >= 0.3 is 0 Å². The van der Waals surface area contributed by atoms with Gasteiger partial charge in [0, 0.05) is 11.6 Å². The van der Waals surface area contributed by atoms with Crippen LogP contribution in [0.2, 0.25) is 0 Å². The standard InChI is InChI=1S/C22H25N3O3S/c1-15(2)14-28-19-11-9-18(10-12-19)21(27)24-25-22(29)23-20(26)13-8-17-6-4-16(3)5-7-17/h4-13,15H,14H2,1-3H3,(H,24,27)(H2,23,25,26,29)/b13-8+. The van der Waals surface area contributed by atoms with Gasteiger partial charge in [-0.3, -0.25) is 25.8 Å². The molecule has 3 N–H and O–H groups in total. The van der Waals surface area contributed by atoms with Crippen LogP contribution in [0.1, 0.15) is 35.3 Å². The molecule has 0 spiro atoms. The minimum Gasteiger partial charge on any atom is -0.493 e. The Labute approximate surface area is 176 Å². The van der Waals surface area contributed by atoms with E-state index in [-0.39, 0.29) is 11.0 Å². The predicted octanol–water partition coefficient (Wildman–Crippen LogP) is 3.38. The topological polar surface area (TPSA) is 79.5 Å². The molecule has 0 fully saturated rings. The van der Waals surface area contributed by atoms with Gasteiger partial charge in [0.25, 0.3) is 5.91 Å². The Morgan fingerprint density at radius 3 is 2.31 bits per heavy atom. The lowest BCUT2D eigenvalue weighted by atomic mass is 10.1. The molecule has 0 heterocycles. The molecule has 0 saturated heterocycles. The Balaban J connectivity index is 1.76. The second-order valence-corrected chi connectivity index (χ2v) is 7.28. The summed E-state index contributed by atoms with van der Waals surface area (Å²) in [6.07, 6.45) is 3.05. The van der Waals surface area contributed by atoms with Gasteiger partial charge in [-0.05, 0) is 61.0 Å². The minimum absolute atomic E-state index is 0.00575. The number of hydrogen-bond acceptors (Lipinski definition) is 4. The molecule has 7 heteroatoms. The Morgan fingerprint density at radius 1 is 1.03 bits per heavy atom. The monoisotopic (exact) mass is 411 g/mol. The number of nitrogens with one attached hydrogen (secondary N) is 3. The summed E-state index contributed by atoms with van der Waals surface area (Å²) in [5.74, 6) is 0.340. The van der Waals surface area contributed by atoms with Crippen molar-refractivity contribution in [2.24, 2.45) is 5.92 Å². The molecule has 0 aromatic heterocycles. The number of aryl methyl sites for hydroxylation is 1. The maximum Gasteiger partial charge on any atom is 0.269 e. The highest BCUT2D eigenvalue weighted by Crippen LogP contribution is 2.13. The van der Waals surface area contributed by atoms with Crippen molar-refractivity contribution in [2.75, 3.05) is 6.61 Å². The van der Waals surface area contributed by atoms with E-state index in [4.69, 9.17) is 17.0 Å². The van der Waals surface area contributed by atoms with Gasteiger partial charge in [-0.15, -0.1) is 0 Å². The van der Waals surface area contributed by atoms with Gasteiger partial charge in [-0.1, -0.05) is 43.7 Å². The molecule has 2 aromatic rings. The van der Waals surface area contributed by atoms with E-state index in [1.807, 2.05) is 31.2 Å². The zero-order valence-corrected chi connectivity index (χ0v) is 17.5. The van der Waals surface area contributed by atoms with Crippen LogP contribution in [0.5, 0.6) is 5.75 Å². The zero-order chi connectivity index (χ0) is 21.2. The molecule has 2 aromatic carbocycles. The van der Waals surface area contributed by atoms with Crippen LogP contribution in [-0.2, 0) is 4.79 Å². The second kappa shape index (κ2) is 11.0. The zero-order valence-electron chi connectivity index (χ0n) is 16.7. The van der Waals surface area contributed by atoms with Gasteiger partial charge in [0.15, 0.2) is 5.11 Å². The summed E-state index contributed by atoms with van der Waals surface area (Å²) in [4.78, 5) is 24.1. The van der Waals surface area contributed by atoms with Gasteiger partial charge in [0.1, 0.15) is 5.75 Å². The number of carbonyl (C=O) groups is 2. The van der Waals surface area contributed by atoms with Crippen LogP contribution < -0.4 is 20.9 Å². The molecule has 2 amide bonds. The third-order valence-electron chi connectivity index (χ3n) is 3.73. The van der Waals surface area contributed by atoms with E-state index in [0.717, 1.165) is 11.1 Å². The molecular formula is C22H25N3O3S. The number of ether oxygens (including phenoxy) is 1. The maximum atomic E-state index is 12.1. The van der Waals surface area contributed by atoms with Gasteiger partial charge < -0.3 is 4.74 Å². The molecule has 0 radical (unpaired) electrons. The normalized spacial score (nSPS) is 10.6. The molecule has 0 aliphatic heterocycles. The van der Waals surface area contributed by atoms with E-state index >= 15 is 0 Å². The average Bonchev–Trinajstić information content (AvgIpc) is 2.70. The molecule has 2 rings (SSSR count). The summed E-state index contributed by atoms with van der Waals surface area (Å²) in [5.41, 5.74) is 7.43. The number of amides is 2. The highest BCUT2D eigenvalue weighted by Gasteiger charge is 2.07. The Hall–Kier alpha value is -3.19. The molecule has 0 unspecified atom stereocenters. The largest absolute Gasteiger partial charge is 0.493 e. The number of hydrogen-bond donors (Lipinski definition) is 3. The summed E-state index contributed by atoms with van der Waals surface area (Å²) in [6, 6.07) is 14.5. The number of carbonyl (C=O) groups excluding carboxylic acids is 2. The molecule has 6 nitrogen and oxygen atoms in total. The fourth-order valence-corrected chi connectivity index (χ4v) is 2.34. The van der Waals surface area contributed by atoms with Gasteiger partial charge in [0.2, 0.25) is 5.91 Å². The van der Waals surface area contributed by atoms with Crippen LogP contribution in [0.15, 0.2) is 54.6 Å². The number of hydrazine groups is 1. The quantitative estimate of drug-likeness (QED) is 0.386. The fraction of sp³-hybridized carbons (Fsp3) is 0.227. The molecule has 0 bridgehead atoms. The van der Waals surface area contributed by atoms with Crippen LogP contribution in [0.25, 0.3) is 6.08 Å². The molecule has 0 aliphatic rings. The molecule has 0 atom stereocenters. The third kappa shape index (κ3) is 8.15. The smallest absolute Gasteiger partial charge is 0.269 e. The minimum atomic E-state index is -0.399. The van der Waals surface area contributed by atoms with Crippen molar-refractivity contribution in [3.63, 3.8) is 0 Å². The Bertz CT molecular complexity index is 875. The van der Waals surface area contributed by atoms with Crippen LogP contribution in [-0.4, -0.2) is 23.5 Å². The van der Waals surface area contributed by atoms with E-state index < -0.39 is 5.91 Å². The molecule has 0 aliphatic carbocycles. The first-order valence-corrected chi connectivity index (χ1v) is 9.63. The van der Waals surface area contributed by atoms with E-state index in [9.17, 15) is 9.59 Å². The van der Waals surface area contributed by atoms with Crippen molar-refractivity contribution >= 4 is 35.2 Å². The van der Waals surface area contributed by atoms with Crippen molar-refractivity contribution in [1.29, 1.82) is 0 Å². The van der Waals surface area contributed by atoms with Crippen molar-refractivity contribution in [1.82, 2.24) is 16.2 Å². The number of rotatable bonds is 6. The lowest BCUT2D eigenvalue weighted by molar-refractivity contribution is -0.115. The summed E-state index contributed by atoms with van der Waals surface area (Å²) in [7, 11) is 0. The molecule has 0 saturated carbocycles. The van der Waals surface area contributed by atoms with Gasteiger partial charge in [-0.2, -0.15) is 0 Å². The van der Waals surface area contributed by atoms with Gasteiger partial charge in [-0.25, -0.2) is 0 Å². The highest BCUT2D eigenvalue weighted by molar-refractivity contribution is 7.80. The first-order valence-electron chi connectivity index (χ1n) is 9.22. The van der Waals surface area contributed by atoms with Crippen LogP contribution in [0, 0.1) is 12.8 Å². The van der Waals surface area contributed by atoms with Crippen LogP contribution in [0.4, 0.5) is 0 Å². The Morgan fingerprint density at radius 2 is 1.69 bits per heavy atom. The van der Waals surface area contributed by atoms with E-state index in [0.29, 0.717) is 23.8 Å². The van der Waals surface area contributed by atoms with Crippen LogP contribution in [0.3, 0.4) is 0 Å². The first-order chi connectivity index (χ1) is 13.8. The lowest BCUT2D eigenvalue weighted by Crippen LogP contribution is -2.48. The SMILES string of the molecule is Cc1ccc(/C=C/C(=O)NC(=S)NNC(=O)c2ccc(OCC(C)C)cc2)cc1. The third-order valence-corrected chi connectivity index (χ3v) is 3.93. The summed E-state index contributed by atoms with van der Waals surface area (Å²) in [5, 5.41) is 2.46. The van der Waals surface area contributed by atoms with E-state index in [1.54, 1.807) is 30.3 Å². The van der Waals surface area contributed by atoms with Crippen molar-refractivity contribution in [2.45, 2.75) is 20.8 Å². The summed E-state index contributed by atoms with van der Waals surface area (Å²) >= 11 is 5.01. The highest BCUT2D eigenvalue weighted by atomic mass is 32.1. The van der Waals surface area contributed by atoms with E-state index in [2.05, 4.69) is 30.0 Å². The van der Waals surface area contributed by atoms with E-state index in [1.165, 1.54) is 6.08 Å². The lowest BCUT2D eigenvalue weighted by Gasteiger charge is -2.11. The molecule has 29 heavy (non-hydrogen) atoms. The number of benzene rings is 2. The first kappa shape index (κ1) is 22.1. The molecule has 152 valence electrons. The second-order valence-electron chi connectivity index (χ2n) is 6.87. The maximum absolute atomic E-state index is 12.1. The van der Waals surface area contributed by atoms with Crippen molar-refractivity contribution < 1.29 is 14.3 Å². The Kier molecular flexibility index (Phi) is 8.36. The molecular weight excluding hydrogens is 386 g/mol. The number of thiocarbonyl (C=S) groups is 1. The average molecular weight is 412 g/mol. The predicted molar refractivity (Wildman–Crippen MR) is 118 cm³/mol. The van der Waals surface area contributed by atoms with Crippen molar-refractivity contribution in [3.05, 3.63) is 71.3 Å². The van der Waals surface area contributed by atoms with Crippen LogP contribution >= 0.6 is 12.2 Å².